The minimum Gasteiger partial charge on any atom is -0.507 e. The molecule has 2 aromatic carbocycles. The highest BCUT2D eigenvalue weighted by atomic mass is 35.5. The summed E-state index contributed by atoms with van der Waals surface area (Å²) in [6, 6.07) is 10.3. The van der Waals surface area contributed by atoms with E-state index in [2.05, 4.69) is 9.93 Å². The number of rotatable bonds is 6. The second-order valence-electron chi connectivity index (χ2n) is 4.46. The molecule has 0 saturated carbocycles. The van der Waals surface area contributed by atoms with Gasteiger partial charge in [-0.3, -0.25) is 0 Å². The summed E-state index contributed by atoms with van der Waals surface area (Å²) < 4.78 is 29.4. The molecule has 0 fully saturated rings. The molecule has 2 rings (SSSR count). The van der Waals surface area contributed by atoms with Gasteiger partial charge in [0.05, 0.1) is 17.7 Å². The van der Waals surface area contributed by atoms with Gasteiger partial charge in [0.25, 0.3) is 10.0 Å². The smallest absolute Gasteiger partial charge is 0.276 e. The average Bonchev–Trinajstić information content (AvgIpc) is 2.51. The maximum Gasteiger partial charge on any atom is 0.276 e. The molecule has 0 spiro atoms. The van der Waals surface area contributed by atoms with Crippen molar-refractivity contribution in [2.75, 3.05) is 6.61 Å². The minimum absolute atomic E-state index is 0.0495. The highest BCUT2D eigenvalue weighted by Gasteiger charge is 2.12. The van der Waals surface area contributed by atoms with E-state index in [9.17, 15) is 13.5 Å². The number of benzene rings is 2. The van der Waals surface area contributed by atoms with E-state index in [1.54, 1.807) is 12.1 Å². The fourth-order valence-electron chi connectivity index (χ4n) is 1.73. The molecule has 0 bridgehead atoms. The molecule has 0 heterocycles. The van der Waals surface area contributed by atoms with Crippen LogP contribution in [0.5, 0.6) is 11.5 Å². The van der Waals surface area contributed by atoms with Crippen molar-refractivity contribution in [3.63, 3.8) is 0 Å². The number of hydrazone groups is 1. The summed E-state index contributed by atoms with van der Waals surface area (Å²) in [7, 11) is -3.80. The SMILES string of the molecule is CCOc1ccc(S(=O)(=O)N/N=C/c2cc(Cl)ccc2O)cc1. The van der Waals surface area contributed by atoms with E-state index in [0.717, 1.165) is 0 Å². The van der Waals surface area contributed by atoms with Crippen molar-refractivity contribution in [3.05, 3.63) is 53.1 Å². The summed E-state index contributed by atoms with van der Waals surface area (Å²) in [5, 5.41) is 13.7. The molecule has 0 saturated heterocycles. The van der Waals surface area contributed by atoms with Gasteiger partial charge >= 0.3 is 0 Å². The van der Waals surface area contributed by atoms with Crippen LogP contribution in [0.2, 0.25) is 5.02 Å². The first kappa shape index (κ1) is 17.1. The Balaban J connectivity index is 2.11. The van der Waals surface area contributed by atoms with Crippen LogP contribution in [0.15, 0.2) is 52.5 Å². The molecule has 2 N–H and O–H groups in total. The normalized spacial score (nSPS) is 11.6. The zero-order valence-electron chi connectivity index (χ0n) is 12.2. The number of ether oxygens (including phenoxy) is 1. The molecule has 0 aliphatic carbocycles. The molecule has 8 heteroatoms. The number of phenolic OH excluding ortho intramolecular Hbond substituents is 1. The standard InChI is InChI=1S/C15H15ClN2O4S/c1-2-22-13-4-6-14(7-5-13)23(20,21)18-17-10-11-9-12(16)3-8-15(11)19/h3-10,18-19H,2H2,1H3/b17-10+. The number of phenols is 1. The lowest BCUT2D eigenvalue weighted by Gasteiger charge is -2.06. The molecular weight excluding hydrogens is 340 g/mol. The van der Waals surface area contributed by atoms with E-state index in [1.165, 1.54) is 36.5 Å². The third kappa shape index (κ3) is 4.61. The third-order valence-corrected chi connectivity index (χ3v) is 4.28. The summed E-state index contributed by atoms with van der Waals surface area (Å²) in [6.07, 6.45) is 1.17. The van der Waals surface area contributed by atoms with Crippen molar-refractivity contribution in [1.29, 1.82) is 0 Å². The molecule has 6 nitrogen and oxygen atoms in total. The van der Waals surface area contributed by atoms with Crippen molar-refractivity contribution in [2.24, 2.45) is 5.10 Å². The summed E-state index contributed by atoms with van der Waals surface area (Å²) in [6.45, 7) is 2.34. The van der Waals surface area contributed by atoms with Crippen LogP contribution in [0.25, 0.3) is 0 Å². The summed E-state index contributed by atoms with van der Waals surface area (Å²) in [4.78, 5) is 2.12. The third-order valence-electron chi connectivity index (χ3n) is 2.81. The van der Waals surface area contributed by atoms with Crippen LogP contribution in [-0.4, -0.2) is 26.3 Å². The van der Waals surface area contributed by atoms with Crippen molar-refractivity contribution < 1.29 is 18.3 Å². The number of nitrogens with zero attached hydrogens (tertiary/aromatic N) is 1. The summed E-state index contributed by atoms with van der Waals surface area (Å²) >= 11 is 5.80. The van der Waals surface area contributed by atoms with E-state index in [0.29, 0.717) is 22.9 Å². The second-order valence-corrected chi connectivity index (χ2v) is 6.56. The lowest BCUT2D eigenvalue weighted by atomic mass is 10.2. The van der Waals surface area contributed by atoms with Crippen LogP contribution in [-0.2, 0) is 10.0 Å². The molecule has 0 aliphatic heterocycles. The maximum atomic E-state index is 12.1. The minimum atomic E-state index is -3.80. The fraction of sp³-hybridized carbons (Fsp3) is 0.133. The van der Waals surface area contributed by atoms with Crippen LogP contribution < -0.4 is 9.57 Å². The van der Waals surface area contributed by atoms with Crippen molar-refractivity contribution in [1.82, 2.24) is 4.83 Å². The number of halogens is 1. The molecule has 0 amide bonds. The first-order valence-electron chi connectivity index (χ1n) is 6.68. The lowest BCUT2D eigenvalue weighted by molar-refractivity contribution is 0.340. The van der Waals surface area contributed by atoms with Crippen molar-refractivity contribution in [3.8, 4) is 11.5 Å². The Bertz CT molecular complexity index is 805. The van der Waals surface area contributed by atoms with Gasteiger partial charge in [0.15, 0.2) is 0 Å². The Hall–Kier alpha value is -2.25. The molecule has 0 unspecified atom stereocenters. The van der Waals surface area contributed by atoms with Crippen molar-refractivity contribution >= 4 is 27.8 Å². The van der Waals surface area contributed by atoms with Crippen LogP contribution >= 0.6 is 11.6 Å². The number of aromatic hydroxyl groups is 1. The van der Waals surface area contributed by atoms with Gasteiger partial charge in [-0.15, -0.1) is 0 Å². The first-order chi connectivity index (χ1) is 10.9. The zero-order chi connectivity index (χ0) is 16.9. The molecule has 23 heavy (non-hydrogen) atoms. The Morgan fingerprint density at radius 3 is 2.61 bits per heavy atom. The van der Waals surface area contributed by atoms with Crippen LogP contribution in [0.1, 0.15) is 12.5 Å². The molecular formula is C15H15ClN2O4S. The van der Waals surface area contributed by atoms with Gasteiger partial charge in [0, 0.05) is 10.6 Å². The average molecular weight is 355 g/mol. The number of sulfonamides is 1. The molecule has 0 aliphatic rings. The van der Waals surface area contributed by atoms with E-state index in [-0.39, 0.29) is 10.6 Å². The Morgan fingerprint density at radius 2 is 1.96 bits per heavy atom. The first-order valence-corrected chi connectivity index (χ1v) is 8.55. The van der Waals surface area contributed by atoms with E-state index >= 15 is 0 Å². The zero-order valence-corrected chi connectivity index (χ0v) is 13.8. The molecule has 2 aromatic rings. The predicted molar refractivity (Wildman–Crippen MR) is 88.6 cm³/mol. The van der Waals surface area contributed by atoms with Gasteiger partial charge in [-0.1, -0.05) is 11.6 Å². The molecule has 0 aromatic heterocycles. The van der Waals surface area contributed by atoms with Gasteiger partial charge in [-0.2, -0.15) is 13.5 Å². The monoisotopic (exact) mass is 354 g/mol. The Kier molecular flexibility index (Phi) is 5.46. The number of nitrogens with one attached hydrogen (secondary N) is 1. The Labute approximate surface area is 139 Å². The van der Waals surface area contributed by atoms with Crippen molar-refractivity contribution in [2.45, 2.75) is 11.8 Å². The summed E-state index contributed by atoms with van der Waals surface area (Å²) in [5.74, 6) is 0.525. The lowest BCUT2D eigenvalue weighted by Crippen LogP contribution is -2.18. The molecule has 0 atom stereocenters. The van der Waals surface area contributed by atoms with Gasteiger partial charge in [0.2, 0.25) is 0 Å². The second kappa shape index (κ2) is 7.34. The quantitative estimate of drug-likeness (QED) is 0.616. The Morgan fingerprint density at radius 1 is 1.26 bits per heavy atom. The number of hydrogen-bond donors (Lipinski definition) is 2. The van der Waals surface area contributed by atoms with Gasteiger partial charge in [-0.05, 0) is 49.4 Å². The topological polar surface area (TPSA) is 88.0 Å². The van der Waals surface area contributed by atoms with E-state index in [1.807, 2.05) is 6.92 Å². The van der Waals surface area contributed by atoms with Gasteiger partial charge in [0.1, 0.15) is 11.5 Å². The highest BCUT2D eigenvalue weighted by Crippen LogP contribution is 2.20. The molecule has 122 valence electrons. The predicted octanol–water partition coefficient (Wildman–Crippen LogP) is 2.76. The summed E-state index contributed by atoms with van der Waals surface area (Å²) in [5.41, 5.74) is 0.298. The van der Waals surface area contributed by atoms with Crippen LogP contribution in [0.4, 0.5) is 0 Å². The fourth-order valence-corrected chi connectivity index (χ4v) is 2.70. The maximum absolute atomic E-state index is 12.1. The van der Waals surface area contributed by atoms with Gasteiger partial charge < -0.3 is 9.84 Å². The molecule has 0 radical (unpaired) electrons. The van der Waals surface area contributed by atoms with E-state index in [4.69, 9.17) is 16.3 Å². The van der Waals surface area contributed by atoms with E-state index < -0.39 is 10.0 Å². The highest BCUT2D eigenvalue weighted by molar-refractivity contribution is 7.89. The van der Waals surface area contributed by atoms with Gasteiger partial charge in [-0.25, -0.2) is 4.83 Å². The van der Waals surface area contributed by atoms with Crippen LogP contribution in [0.3, 0.4) is 0 Å². The largest absolute Gasteiger partial charge is 0.507 e. The van der Waals surface area contributed by atoms with Crippen LogP contribution in [0, 0.1) is 0 Å². The number of hydrogen-bond acceptors (Lipinski definition) is 5.